The Bertz CT molecular complexity index is 291. The molecule has 5 heteroatoms. The molecule has 0 fully saturated rings. The van der Waals surface area contributed by atoms with Gasteiger partial charge in [-0.05, 0) is 18.6 Å². The summed E-state index contributed by atoms with van der Waals surface area (Å²) in [6.45, 7) is 3.35. The smallest absolute Gasteiger partial charge is 0.354 e. The quantitative estimate of drug-likeness (QED) is 0.754. The predicted molar refractivity (Wildman–Crippen MR) is 52.5 cm³/mol. The van der Waals surface area contributed by atoms with Crippen molar-refractivity contribution >= 4 is 0 Å². The lowest BCUT2D eigenvalue weighted by atomic mass is 10.3. The molecule has 0 unspecified atom stereocenters. The molecule has 0 bridgehead atoms. The van der Waals surface area contributed by atoms with E-state index in [4.69, 9.17) is 0 Å². The number of hydrogen-bond acceptors (Lipinski definition) is 1. The van der Waals surface area contributed by atoms with E-state index in [0.29, 0.717) is 6.54 Å². The third kappa shape index (κ3) is 4.88. The molecule has 0 aliphatic carbocycles. The van der Waals surface area contributed by atoms with Gasteiger partial charge in [0.15, 0.2) is 0 Å². The highest BCUT2D eigenvalue weighted by atomic mass is 19.4. The lowest BCUT2D eigenvalue weighted by Crippen LogP contribution is -2.21. The highest BCUT2D eigenvalue weighted by Crippen LogP contribution is 2.18. The van der Waals surface area contributed by atoms with Crippen LogP contribution in [0.3, 0.4) is 0 Å². The van der Waals surface area contributed by atoms with Crippen LogP contribution in [0.25, 0.3) is 0 Å². The number of hydrogen-bond donors (Lipinski definition) is 1. The first-order valence-electron chi connectivity index (χ1n) is 4.93. The summed E-state index contributed by atoms with van der Waals surface area (Å²) < 4.78 is 37.4. The minimum Gasteiger partial charge on any atom is -0.354 e. The van der Waals surface area contributed by atoms with Crippen LogP contribution in [0.2, 0.25) is 0 Å². The van der Waals surface area contributed by atoms with E-state index in [1.54, 1.807) is 0 Å². The van der Waals surface area contributed by atoms with Gasteiger partial charge in [-0.15, -0.1) is 0 Å². The third-order valence-corrected chi connectivity index (χ3v) is 2.09. The summed E-state index contributed by atoms with van der Waals surface area (Å²) in [6, 6.07) is 1.91. The minimum absolute atomic E-state index is 0.0270. The summed E-state index contributed by atoms with van der Waals surface area (Å²) in [5.74, 6) is 0. The number of rotatable bonds is 5. The lowest BCUT2D eigenvalue weighted by molar-refractivity contribution is -0.133. The number of aromatic nitrogens is 1. The number of aryl methyl sites for hydroxylation is 1. The molecule has 86 valence electrons. The monoisotopic (exact) mass is 220 g/mol. The maximum absolute atomic E-state index is 11.8. The van der Waals surface area contributed by atoms with Crippen LogP contribution < -0.4 is 5.32 Å². The fourth-order valence-electron chi connectivity index (χ4n) is 1.25. The highest BCUT2D eigenvalue weighted by Gasteiger charge is 2.25. The first-order valence-corrected chi connectivity index (χ1v) is 4.93. The van der Waals surface area contributed by atoms with E-state index < -0.39 is 12.6 Å². The average molecular weight is 220 g/mol. The molecule has 2 nitrogen and oxygen atoms in total. The van der Waals surface area contributed by atoms with Gasteiger partial charge < -0.3 is 9.88 Å². The van der Waals surface area contributed by atoms with Crippen molar-refractivity contribution in [3.63, 3.8) is 0 Å². The Morgan fingerprint density at radius 1 is 1.40 bits per heavy atom. The minimum atomic E-state index is -4.07. The first kappa shape index (κ1) is 12.1. The van der Waals surface area contributed by atoms with Gasteiger partial charge in [0.1, 0.15) is 0 Å². The van der Waals surface area contributed by atoms with E-state index in [2.05, 4.69) is 5.32 Å². The maximum atomic E-state index is 11.8. The van der Waals surface area contributed by atoms with Gasteiger partial charge in [-0.2, -0.15) is 13.2 Å². The molecular weight excluding hydrogens is 205 g/mol. The van der Waals surface area contributed by atoms with Crippen molar-refractivity contribution in [3.8, 4) is 0 Å². The van der Waals surface area contributed by atoms with Gasteiger partial charge in [0.05, 0.1) is 6.42 Å². The number of nitrogens with one attached hydrogen (secondary N) is 1. The number of alkyl halides is 3. The zero-order valence-electron chi connectivity index (χ0n) is 8.64. The van der Waals surface area contributed by atoms with Crippen molar-refractivity contribution in [3.05, 3.63) is 24.0 Å². The highest BCUT2D eigenvalue weighted by molar-refractivity contribution is 5.09. The maximum Gasteiger partial charge on any atom is 0.390 e. The van der Waals surface area contributed by atoms with Gasteiger partial charge in [-0.25, -0.2) is 0 Å². The molecule has 0 aliphatic rings. The van der Waals surface area contributed by atoms with Crippen molar-refractivity contribution in [2.45, 2.75) is 32.6 Å². The topological polar surface area (TPSA) is 17.0 Å². The van der Waals surface area contributed by atoms with E-state index in [1.807, 2.05) is 30.0 Å². The molecule has 0 radical (unpaired) electrons. The summed E-state index contributed by atoms with van der Waals surface area (Å²) in [5.41, 5.74) is 1.01. The molecular formula is C10H15F3N2. The van der Waals surface area contributed by atoms with E-state index in [9.17, 15) is 13.2 Å². The summed E-state index contributed by atoms with van der Waals surface area (Å²) in [7, 11) is 0. The summed E-state index contributed by atoms with van der Waals surface area (Å²) >= 11 is 0. The Morgan fingerprint density at radius 2 is 2.13 bits per heavy atom. The van der Waals surface area contributed by atoms with Gasteiger partial charge in [0.2, 0.25) is 0 Å². The SMILES string of the molecule is CCn1ccc(CNCCC(F)(F)F)c1. The Balaban J connectivity index is 2.20. The van der Waals surface area contributed by atoms with Gasteiger partial charge >= 0.3 is 6.18 Å². The van der Waals surface area contributed by atoms with E-state index in [-0.39, 0.29) is 6.54 Å². The zero-order chi connectivity index (χ0) is 11.3. The van der Waals surface area contributed by atoms with Crippen molar-refractivity contribution in [1.29, 1.82) is 0 Å². The van der Waals surface area contributed by atoms with Crippen LogP contribution in [0.5, 0.6) is 0 Å². The standard InChI is InChI=1S/C10H15F3N2/c1-2-15-6-3-9(8-15)7-14-5-4-10(11,12)13/h3,6,8,14H,2,4-5,7H2,1H3. The van der Waals surface area contributed by atoms with E-state index in [1.165, 1.54) is 0 Å². The Kier molecular flexibility index (Phi) is 4.20. The molecule has 0 atom stereocenters. The molecule has 1 aromatic heterocycles. The number of nitrogens with zero attached hydrogens (tertiary/aromatic N) is 1. The molecule has 0 spiro atoms. The predicted octanol–water partition coefficient (Wildman–Crippen LogP) is 2.55. The second-order valence-electron chi connectivity index (χ2n) is 3.39. The summed E-state index contributed by atoms with van der Waals surface area (Å²) in [5, 5.41) is 2.76. The Hall–Kier alpha value is -0.970. The molecule has 0 aromatic carbocycles. The second-order valence-corrected chi connectivity index (χ2v) is 3.39. The Morgan fingerprint density at radius 3 is 2.67 bits per heavy atom. The van der Waals surface area contributed by atoms with E-state index in [0.717, 1.165) is 12.1 Å². The summed E-state index contributed by atoms with van der Waals surface area (Å²) in [4.78, 5) is 0. The van der Waals surface area contributed by atoms with Gasteiger partial charge in [-0.3, -0.25) is 0 Å². The van der Waals surface area contributed by atoms with Crippen molar-refractivity contribution < 1.29 is 13.2 Å². The molecule has 0 amide bonds. The van der Waals surface area contributed by atoms with Crippen LogP contribution in [0, 0.1) is 0 Å². The van der Waals surface area contributed by atoms with Crippen LogP contribution in [0.1, 0.15) is 18.9 Å². The number of halogens is 3. The van der Waals surface area contributed by atoms with Crippen LogP contribution in [-0.2, 0) is 13.1 Å². The largest absolute Gasteiger partial charge is 0.390 e. The lowest BCUT2D eigenvalue weighted by Gasteiger charge is -2.06. The zero-order valence-corrected chi connectivity index (χ0v) is 8.64. The molecule has 1 heterocycles. The van der Waals surface area contributed by atoms with Crippen LogP contribution in [0.4, 0.5) is 13.2 Å². The molecule has 0 aliphatic heterocycles. The fraction of sp³-hybridized carbons (Fsp3) is 0.600. The van der Waals surface area contributed by atoms with Crippen molar-refractivity contribution in [2.24, 2.45) is 0 Å². The van der Waals surface area contributed by atoms with Gasteiger partial charge in [0, 0.05) is 32.0 Å². The van der Waals surface area contributed by atoms with E-state index >= 15 is 0 Å². The fourth-order valence-corrected chi connectivity index (χ4v) is 1.25. The normalized spacial score (nSPS) is 12.0. The Labute approximate surface area is 87.1 Å². The van der Waals surface area contributed by atoms with Crippen molar-refractivity contribution in [2.75, 3.05) is 6.54 Å². The molecule has 0 saturated heterocycles. The van der Waals surface area contributed by atoms with Crippen molar-refractivity contribution in [1.82, 2.24) is 9.88 Å². The van der Waals surface area contributed by atoms with Gasteiger partial charge in [0.25, 0.3) is 0 Å². The van der Waals surface area contributed by atoms with Crippen LogP contribution in [-0.4, -0.2) is 17.3 Å². The molecule has 1 rings (SSSR count). The first-order chi connectivity index (χ1) is 7.01. The van der Waals surface area contributed by atoms with Crippen LogP contribution >= 0.6 is 0 Å². The second kappa shape index (κ2) is 5.21. The average Bonchev–Trinajstić information content (AvgIpc) is 2.59. The van der Waals surface area contributed by atoms with Gasteiger partial charge in [-0.1, -0.05) is 0 Å². The van der Waals surface area contributed by atoms with Crippen LogP contribution in [0.15, 0.2) is 18.5 Å². The third-order valence-electron chi connectivity index (χ3n) is 2.09. The molecule has 1 N–H and O–H groups in total. The summed E-state index contributed by atoms with van der Waals surface area (Å²) in [6.07, 6.45) is -0.995. The molecule has 15 heavy (non-hydrogen) atoms. The molecule has 1 aromatic rings. The molecule has 0 saturated carbocycles.